The number of nitrogens with one attached hydrogen (secondary N) is 1. The van der Waals surface area contributed by atoms with E-state index in [1.165, 1.54) is 18.9 Å². The first-order valence-corrected chi connectivity index (χ1v) is 6.87. The predicted molar refractivity (Wildman–Crippen MR) is 69.8 cm³/mol. The van der Waals surface area contributed by atoms with E-state index in [-0.39, 0.29) is 11.9 Å². The maximum absolute atomic E-state index is 11.5. The zero-order valence-electron chi connectivity index (χ0n) is 10.7. The standard InChI is InChI=1S/C11H22N2O3S/c1-4-5-8(2)13-10(14)7-17-6-9(12)11(15)16-3/h8-9H,4-7,12H2,1-3H3,(H,13,14). The third kappa shape index (κ3) is 8.04. The van der Waals surface area contributed by atoms with Gasteiger partial charge >= 0.3 is 5.97 Å². The maximum atomic E-state index is 11.5. The van der Waals surface area contributed by atoms with Gasteiger partial charge in [-0.1, -0.05) is 13.3 Å². The normalized spacial score (nSPS) is 13.9. The number of rotatable bonds is 8. The summed E-state index contributed by atoms with van der Waals surface area (Å²) in [7, 11) is 1.30. The van der Waals surface area contributed by atoms with E-state index in [9.17, 15) is 9.59 Å². The van der Waals surface area contributed by atoms with Gasteiger partial charge in [-0.15, -0.1) is 11.8 Å². The van der Waals surface area contributed by atoms with Crippen LogP contribution < -0.4 is 11.1 Å². The van der Waals surface area contributed by atoms with E-state index in [0.29, 0.717) is 11.5 Å². The fourth-order valence-corrected chi connectivity index (χ4v) is 2.10. The summed E-state index contributed by atoms with van der Waals surface area (Å²) in [6, 6.07) is -0.465. The minimum Gasteiger partial charge on any atom is -0.468 e. The van der Waals surface area contributed by atoms with Crippen LogP contribution in [0, 0.1) is 0 Å². The zero-order chi connectivity index (χ0) is 13.3. The van der Waals surface area contributed by atoms with Crippen molar-refractivity contribution in [3.05, 3.63) is 0 Å². The molecule has 2 atom stereocenters. The number of amides is 1. The van der Waals surface area contributed by atoms with Crippen molar-refractivity contribution in [2.24, 2.45) is 5.73 Å². The van der Waals surface area contributed by atoms with Crippen molar-refractivity contribution in [1.29, 1.82) is 0 Å². The molecule has 0 heterocycles. The molecule has 0 aliphatic heterocycles. The van der Waals surface area contributed by atoms with Gasteiger partial charge in [0.2, 0.25) is 5.91 Å². The van der Waals surface area contributed by atoms with Crippen molar-refractivity contribution in [2.75, 3.05) is 18.6 Å². The molecule has 0 aromatic rings. The summed E-state index contributed by atoms with van der Waals surface area (Å²) in [4.78, 5) is 22.4. The van der Waals surface area contributed by atoms with Gasteiger partial charge in [-0.05, 0) is 13.3 Å². The number of esters is 1. The summed E-state index contributed by atoms with van der Waals surface area (Å²) in [5.41, 5.74) is 5.54. The topological polar surface area (TPSA) is 81.4 Å². The van der Waals surface area contributed by atoms with Gasteiger partial charge < -0.3 is 15.8 Å². The molecule has 0 aliphatic rings. The fourth-order valence-electron chi connectivity index (χ4n) is 1.32. The second-order valence-electron chi connectivity index (χ2n) is 3.90. The van der Waals surface area contributed by atoms with Crippen LogP contribution in [0.5, 0.6) is 0 Å². The number of carbonyl (C=O) groups is 2. The molecule has 0 saturated carbocycles. The SMILES string of the molecule is CCCC(C)NC(=O)CSCC(N)C(=O)OC. The van der Waals surface area contributed by atoms with Gasteiger partial charge in [-0.3, -0.25) is 9.59 Å². The summed E-state index contributed by atoms with van der Waals surface area (Å²) in [6.07, 6.45) is 2.01. The number of carbonyl (C=O) groups excluding carboxylic acids is 2. The molecule has 17 heavy (non-hydrogen) atoms. The lowest BCUT2D eigenvalue weighted by Crippen LogP contribution is -2.36. The number of hydrogen-bond acceptors (Lipinski definition) is 5. The molecule has 100 valence electrons. The quantitative estimate of drug-likeness (QED) is 0.623. The highest BCUT2D eigenvalue weighted by Crippen LogP contribution is 2.03. The van der Waals surface area contributed by atoms with Crippen LogP contribution in [0.1, 0.15) is 26.7 Å². The third-order valence-electron chi connectivity index (χ3n) is 2.16. The highest BCUT2D eigenvalue weighted by atomic mass is 32.2. The van der Waals surface area contributed by atoms with Crippen molar-refractivity contribution in [2.45, 2.75) is 38.8 Å². The molecule has 2 unspecified atom stereocenters. The predicted octanol–water partition coefficient (Wildman–Crippen LogP) is 0.525. The summed E-state index contributed by atoms with van der Waals surface area (Å²) in [6.45, 7) is 4.05. The molecule has 3 N–H and O–H groups in total. The van der Waals surface area contributed by atoms with Crippen LogP contribution in [0.15, 0.2) is 0 Å². The molecule has 5 nitrogen and oxygen atoms in total. The van der Waals surface area contributed by atoms with Crippen molar-refractivity contribution in [3.63, 3.8) is 0 Å². The Balaban J connectivity index is 3.67. The Labute approximate surface area is 107 Å². The average molecular weight is 262 g/mol. The van der Waals surface area contributed by atoms with E-state index >= 15 is 0 Å². The molecule has 0 fully saturated rings. The number of hydrogen-bond donors (Lipinski definition) is 2. The minimum atomic E-state index is -0.661. The Kier molecular flexibility index (Phi) is 8.89. The van der Waals surface area contributed by atoms with Crippen LogP contribution in [-0.2, 0) is 14.3 Å². The third-order valence-corrected chi connectivity index (χ3v) is 3.22. The van der Waals surface area contributed by atoms with Crippen LogP contribution in [0.2, 0.25) is 0 Å². The molecule has 0 spiro atoms. The van der Waals surface area contributed by atoms with Crippen LogP contribution in [-0.4, -0.2) is 42.6 Å². The van der Waals surface area contributed by atoms with Gasteiger partial charge in [0, 0.05) is 11.8 Å². The molecule has 0 saturated heterocycles. The zero-order valence-corrected chi connectivity index (χ0v) is 11.5. The molecule has 0 aromatic heterocycles. The summed E-state index contributed by atoms with van der Waals surface area (Å²) in [5.74, 6) is 0.242. The highest BCUT2D eigenvalue weighted by molar-refractivity contribution is 8.00. The molecule has 6 heteroatoms. The molecule has 0 bridgehead atoms. The monoisotopic (exact) mass is 262 g/mol. The van der Waals surface area contributed by atoms with Crippen LogP contribution in [0.3, 0.4) is 0 Å². The summed E-state index contributed by atoms with van der Waals surface area (Å²) < 4.78 is 4.49. The Hall–Kier alpha value is -0.750. The molecule has 0 radical (unpaired) electrons. The molecular formula is C11H22N2O3S. The number of nitrogens with two attached hydrogens (primary N) is 1. The summed E-state index contributed by atoms with van der Waals surface area (Å²) in [5, 5.41) is 2.88. The van der Waals surface area contributed by atoms with Crippen LogP contribution in [0.25, 0.3) is 0 Å². The number of thioether (sulfide) groups is 1. The molecule has 0 aromatic carbocycles. The molecule has 1 amide bonds. The van der Waals surface area contributed by atoms with Gasteiger partial charge in [-0.25, -0.2) is 0 Å². The fraction of sp³-hybridized carbons (Fsp3) is 0.818. The first kappa shape index (κ1) is 16.2. The molecular weight excluding hydrogens is 240 g/mol. The maximum Gasteiger partial charge on any atom is 0.323 e. The first-order chi connectivity index (χ1) is 8.01. The van der Waals surface area contributed by atoms with Gasteiger partial charge in [0.05, 0.1) is 12.9 Å². The highest BCUT2D eigenvalue weighted by Gasteiger charge is 2.14. The Bertz CT molecular complexity index is 249. The van der Waals surface area contributed by atoms with E-state index in [0.717, 1.165) is 12.8 Å². The van der Waals surface area contributed by atoms with Gasteiger partial charge in [0.15, 0.2) is 0 Å². The lowest BCUT2D eigenvalue weighted by Gasteiger charge is -2.13. The van der Waals surface area contributed by atoms with Gasteiger partial charge in [-0.2, -0.15) is 0 Å². The van der Waals surface area contributed by atoms with E-state index in [1.807, 2.05) is 6.92 Å². The Morgan fingerprint density at radius 3 is 2.65 bits per heavy atom. The van der Waals surface area contributed by atoms with Crippen molar-refractivity contribution in [1.82, 2.24) is 5.32 Å². The first-order valence-electron chi connectivity index (χ1n) is 5.71. The van der Waals surface area contributed by atoms with Crippen LogP contribution in [0.4, 0.5) is 0 Å². The number of ether oxygens (including phenoxy) is 1. The molecule has 0 rings (SSSR count). The number of methoxy groups -OCH3 is 1. The lowest BCUT2D eigenvalue weighted by atomic mass is 10.2. The van der Waals surface area contributed by atoms with Crippen molar-refractivity contribution >= 4 is 23.6 Å². The average Bonchev–Trinajstić information content (AvgIpc) is 2.27. The van der Waals surface area contributed by atoms with Crippen molar-refractivity contribution < 1.29 is 14.3 Å². The van der Waals surface area contributed by atoms with E-state index < -0.39 is 12.0 Å². The minimum absolute atomic E-state index is 0.0204. The second-order valence-corrected chi connectivity index (χ2v) is 4.93. The van der Waals surface area contributed by atoms with E-state index in [2.05, 4.69) is 17.0 Å². The van der Waals surface area contributed by atoms with Gasteiger partial charge in [0.1, 0.15) is 6.04 Å². The van der Waals surface area contributed by atoms with E-state index in [1.54, 1.807) is 0 Å². The lowest BCUT2D eigenvalue weighted by molar-refractivity contribution is -0.141. The van der Waals surface area contributed by atoms with E-state index in [4.69, 9.17) is 5.73 Å². The Morgan fingerprint density at radius 1 is 1.47 bits per heavy atom. The smallest absolute Gasteiger partial charge is 0.323 e. The molecule has 0 aliphatic carbocycles. The largest absolute Gasteiger partial charge is 0.468 e. The van der Waals surface area contributed by atoms with Gasteiger partial charge in [0.25, 0.3) is 0 Å². The van der Waals surface area contributed by atoms with Crippen LogP contribution >= 0.6 is 11.8 Å². The summed E-state index contributed by atoms with van der Waals surface area (Å²) >= 11 is 1.34. The van der Waals surface area contributed by atoms with Crippen molar-refractivity contribution in [3.8, 4) is 0 Å². The Morgan fingerprint density at radius 2 is 2.12 bits per heavy atom. The second kappa shape index (κ2) is 9.30.